The largest absolute Gasteiger partial charge is 0.504 e. The zero-order valence-corrected chi connectivity index (χ0v) is 11.2. The Morgan fingerprint density at radius 2 is 2.24 bits per heavy atom. The summed E-state index contributed by atoms with van der Waals surface area (Å²) in [6.07, 6.45) is 2.69. The van der Waals surface area contributed by atoms with E-state index in [1.54, 1.807) is 6.21 Å². The Morgan fingerprint density at radius 1 is 1.48 bits per heavy atom. The number of aromatic hydroxyl groups is 1. The predicted octanol–water partition coefficient (Wildman–Crippen LogP) is -0.758. The molecule has 0 amide bonds. The van der Waals surface area contributed by atoms with Gasteiger partial charge < -0.3 is 21.1 Å². The van der Waals surface area contributed by atoms with Crippen LogP contribution in [0, 0.1) is 0 Å². The summed E-state index contributed by atoms with van der Waals surface area (Å²) < 4.78 is 0. The number of carbonyl (C=O) groups is 1. The average Bonchev–Trinajstić information content (AvgIpc) is 2.89. The molecule has 0 unspecified atom stereocenters. The fourth-order valence-corrected chi connectivity index (χ4v) is 2.77. The average molecular weight is 289 g/mol. The molecule has 1 aromatic rings. The third-order valence-electron chi connectivity index (χ3n) is 3.80. The van der Waals surface area contributed by atoms with Crippen LogP contribution in [-0.4, -0.2) is 40.2 Å². The number of anilines is 1. The molecule has 21 heavy (non-hydrogen) atoms. The van der Waals surface area contributed by atoms with Crippen molar-refractivity contribution in [1.82, 2.24) is 0 Å². The van der Waals surface area contributed by atoms with Crippen LogP contribution in [0.4, 0.5) is 11.4 Å². The van der Waals surface area contributed by atoms with Crippen LogP contribution in [0.15, 0.2) is 9.98 Å². The van der Waals surface area contributed by atoms with E-state index < -0.39 is 12.0 Å². The summed E-state index contributed by atoms with van der Waals surface area (Å²) in [4.78, 5) is 19.7. The highest BCUT2D eigenvalue weighted by Gasteiger charge is 2.28. The monoisotopic (exact) mass is 289 g/mol. The number of rotatable bonds is 4. The lowest BCUT2D eigenvalue weighted by Crippen LogP contribution is -2.39. The Hall–Kier alpha value is -2.41. The second-order valence-corrected chi connectivity index (χ2v) is 5.11. The van der Waals surface area contributed by atoms with Gasteiger partial charge in [-0.3, -0.25) is 9.98 Å². The molecule has 7 heteroatoms. The van der Waals surface area contributed by atoms with Gasteiger partial charge in [0.2, 0.25) is 0 Å². The number of aliphatic carboxylic acids is 1. The number of nitrogens with two attached hydrogens (primary N) is 1. The highest BCUT2D eigenvalue weighted by Crippen LogP contribution is 2.34. The van der Waals surface area contributed by atoms with Gasteiger partial charge in [-0.1, -0.05) is 0 Å². The Bertz CT molecular complexity index is 783. The van der Waals surface area contributed by atoms with E-state index in [2.05, 4.69) is 9.98 Å². The van der Waals surface area contributed by atoms with Gasteiger partial charge >= 0.3 is 5.97 Å². The van der Waals surface area contributed by atoms with E-state index in [0.29, 0.717) is 34.7 Å². The molecule has 2 aliphatic rings. The molecule has 5 N–H and O–H groups in total. The minimum absolute atomic E-state index is 0.0217. The maximum absolute atomic E-state index is 11.2. The Labute approximate surface area is 119 Å². The first-order chi connectivity index (χ1) is 10.0. The molecule has 0 saturated carbocycles. The third kappa shape index (κ3) is 1.97. The van der Waals surface area contributed by atoms with E-state index in [4.69, 9.17) is 10.8 Å². The molecule has 110 valence electrons. The Morgan fingerprint density at radius 3 is 2.90 bits per heavy atom. The standard InChI is InChI=1S/C14H15N3O4/c15-10-7(2-1-3-18)11-9-6(4-8(17-11)14(20)21)5-16-12(9)13(10)19/h5,8,18-19H,1-4,15H2,(H,20,21)/t8-/m0/s1. The number of phenolic OH excluding ortho intramolecular Hbond substituents is 1. The van der Waals surface area contributed by atoms with E-state index in [-0.39, 0.29) is 24.5 Å². The van der Waals surface area contributed by atoms with Gasteiger partial charge in [-0.15, -0.1) is 0 Å². The fraction of sp³-hybridized carbons (Fsp3) is 0.357. The van der Waals surface area contributed by atoms with Crippen molar-refractivity contribution in [2.45, 2.75) is 25.3 Å². The Balaban J connectivity index is 2.32. The number of carboxylic acid groups (broad SMARTS) is 1. The van der Waals surface area contributed by atoms with Crippen molar-refractivity contribution < 1.29 is 20.1 Å². The lowest BCUT2D eigenvalue weighted by atomic mass is 9.96. The number of nitrogens with zero attached hydrogens (tertiary/aromatic N) is 2. The summed E-state index contributed by atoms with van der Waals surface area (Å²) >= 11 is 0. The molecule has 7 nitrogen and oxygen atoms in total. The fourth-order valence-electron chi connectivity index (χ4n) is 2.77. The molecule has 1 aromatic carbocycles. The van der Waals surface area contributed by atoms with Gasteiger partial charge in [0.1, 0.15) is 5.69 Å². The number of aliphatic imine (C=N–C) groups is 1. The molecular weight excluding hydrogens is 274 g/mol. The molecule has 2 heterocycles. The van der Waals surface area contributed by atoms with Crippen molar-refractivity contribution in [2.24, 2.45) is 9.98 Å². The summed E-state index contributed by atoms with van der Waals surface area (Å²) in [7, 11) is 0. The van der Waals surface area contributed by atoms with Gasteiger partial charge in [0.15, 0.2) is 11.8 Å². The molecule has 2 aliphatic heterocycles. The number of nitrogen functional groups attached to an aromatic ring is 1. The Kier molecular flexibility index (Phi) is 3.13. The van der Waals surface area contributed by atoms with Crippen molar-refractivity contribution in [3.8, 4) is 5.75 Å². The minimum atomic E-state index is -1.00. The topological polar surface area (TPSA) is 128 Å². The normalized spacial score (nSPS) is 18.5. The summed E-state index contributed by atoms with van der Waals surface area (Å²) in [6.45, 7) is -0.0217. The number of hydrogen-bond acceptors (Lipinski definition) is 6. The van der Waals surface area contributed by atoms with Crippen LogP contribution in [0.25, 0.3) is 5.57 Å². The lowest BCUT2D eigenvalue weighted by molar-refractivity contribution is -0.138. The summed E-state index contributed by atoms with van der Waals surface area (Å²) in [5.74, 6) is -1.10. The maximum atomic E-state index is 11.2. The maximum Gasteiger partial charge on any atom is 0.328 e. The molecular formula is C14H15N3O4. The first-order valence-corrected chi connectivity index (χ1v) is 6.66. The lowest BCUT2D eigenvalue weighted by Gasteiger charge is -2.16. The molecule has 0 spiro atoms. The van der Waals surface area contributed by atoms with Crippen LogP contribution in [0.5, 0.6) is 5.75 Å². The van der Waals surface area contributed by atoms with E-state index >= 15 is 0 Å². The number of benzene rings is 1. The smallest absolute Gasteiger partial charge is 0.328 e. The second kappa shape index (κ2) is 4.85. The number of aliphatic hydroxyl groups is 1. The highest BCUT2D eigenvalue weighted by atomic mass is 16.4. The van der Waals surface area contributed by atoms with Crippen LogP contribution in [0.3, 0.4) is 0 Å². The van der Waals surface area contributed by atoms with Gasteiger partial charge in [-0.25, -0.2) is 4.79 Å². The van der Waals surface area contributed by atoms with E-state index in [0.717, 1.165) is 5.57 Å². The molecule has 0 radical (unpaired) electrons. The number of aliphatic hydroxyl groups excluding tert-OH is 1. The van der Waals surface area contributed by atoms with E-state index in [9.17, 15) is 15.0 Å². The van der Waals surface area contributed by atoms with Crippen LogP contribution in [-0.2, 0) is 11.2 Å². The van der Waals surface area contributed by atoms with Crippen molar-refractivity contribution in [2.75, 3.05) is 12.3 Å². The van der Waals surface area contributed by atoms with Gasteiger partial charge in [0, 0.05) is 30.0 Å². The quantitative estimate of drug-likeness (QED) is 0.428. The molecule has 0 fully saturated rings. The van der Waals surface area contributed by atoms with E-state index in [1.165, 1.54) is 0 Å². The molecule has 1 atom stereocenters. The van der Waals surface area contributed by atoms with Gasteiger partial charge in [0.05, 0.1) is 11.0 Å². The van der Waals surface area contributed by atoms with Crippen LogP contribution in [0.1, 0.15) is 18.4 Å². The second-order valence-electron chi connectivity index (χ2n) is 5.11. The third-order valence-corrected chi connectivity index (χ3v) is 3.80. The van der Waals surface area contributed by atoms with Gasteiger partial charge in [0.25, 0.3) is 0 Å². The van der Waals surface area contributed by atoms with Crippen molar-refractivity contribution in [3.63, 3.8) is 0 Å². The predicted molar refractivity (Wildman–Crippen MR) is 76.3 cm³/mol. The molecule has 0 bridgehead atoms. The van der Waals surface area contributed by atoms with Gasteiger partial charge in [-0.2, -0.15) is 0 Å². The molecule has 0 aliphatic carbocycles. The van der Waals surface area contributed by atoms with E-state index in [1.807, 2.05) is 0 Å². The minimum Gasteiger partial charge on any atom is -0.504 e. The van der Waals surface area contributed by atoms with Crippen LogP contribution < -0.4 is 16.3 Å². The summed E-state index contributed by atoms with van der Waals surface area (Å²) in [5.41, 5.74) is 7.79. The van der Waals surface area contributed by atoms with Crippen molar-refractivity contribution in [1.29, 1.82) is 0 Å². The number of hydrogen-bond donors (Lipinski definition) is 4. The highest BCUT2D eigenvalue weighted by molar-refractivity contribution is 6.09. The zero-order chi connectivity index (χ0) is 15.1. The van der Waals surface area contributed by atoms with Crippen LogP contribution >= 0.6 is 0 Å². The zero-order valence-electron chi connectivity index (χ0n) is 11.2. The van der Waals surface area contributed by atoms with Gasteiger partial charge in [-0.05, 0) is 18.4 Å². The number of carboxylic acids is 1. The summed E-state index contributed by atoms with van der Waals surface area (Å²) in [6, 6.07) is -0.873. The number of phenols is 1. The van der Waals surface area contributed by atoms with Crippen molar-refractivity contribution in [3.05, 3.63) is 16.1 Å². The summed E-state index contributed by atoms with van der Waals surface area (Å²) in [5, 5.41) is 29.5. The van der Waals surface area contributed by atoms with Crippen LogP contribution in [0.2, 0.25) is 0 Å². The SMILES string of the molecule is Nc1c(O)c2c3c(c1CCCO)=N[C@H](C(=O)O)CC=3C=N2. The first-order valence-electron chi connectivity index (χ1n) is 6.66. The molecule has 0 saturated heterocycles. The molecule has 3 rings (SSSR count). The first kappa shape index (κ1) is 13.6. The molecule has 0 aromatic heterocycles. The van der Waals surface area contributed by atoms with Crippen molar-refractivity contribution >= 4 is 29.1 Å².